The Labute approximate surface area is 198 Å². The second kappa shape index (κ2) is 9.24. The molecule has 0 radical (unpaired) electrons. The van der Waals surface area contributed by atoms with Gasteiger partial charge in [-0.1, -0.05) is 59.6 Å². The predicted molar refractivity (Wildman–Crippen MR) is 131 cm³/mol. The third kappa shape index (κ3) is 4.57. The highest BCUT2D eigenvalue weighted by Gasteiger charge is 2.27. The molecule has 0 spiro atoms. The average molecular weight is 460 g/mol. The van der Waals surface area contributed by atoms with E-state index >= 15 is 0 Å². The summed E-state index contributed by atoms with van der Waals surface area (Å²) in [6.45, 7) is 4.11. The molecule has 6 nitrogen and oxygen atoms in total. The average Bonchev–Trinajstić information content (AvgIpc) is 3.28. The van der Waals surface area contributed by atoms with Crippen molar-refractivity contribution in [2.75, 3.05) is 18.0 Å². The van der Waals surface area contributed by atoms with Crippen LogP contribution >= 0.6 is 11.6 Å². The molecule has 33 heavy (non-hydrogen) atoms. The lowest BCUT2D eigenvalue weighted by atomic mass is 9.97. The zero-order chi connectivity index (χ0) is 22.8. The van der Waals surface area contributed by atoms with Crippen molar-refractivity contribution in [3.63, 3.8) is 0 Å². The number of piperidine rings is 1. The van der Waals surface area contributed by atoms with Crippen LogP contribution < -0.4 is 10.2 Å². The van der Waals surface area contributed by atoms with Crippen LogP contribution in [0.25, 0.3) is 16.8 Å². The summed E-state index contributed by atoms with van der Waals surface area (Å²) in [5.41, 5.74) is 4.93. The Hall–Kier alpha value is -3.38. The molecule has 1 unspecified atom stereocenters. The molecule has 168 valence electrons. The Morgan fingerprint density at radius 3 is 2.82 bits per heavy atom. The van der Waals surface area contributed by atoms with Gasteiger partial charge in [0.1, 0.15) is 5.52 Å². The van der Waals surface area contributed by atoms with Gasteiger partial charge in [-0.3, -0.25) is 4.79 Å². The van der Waals surface area contributed by atoms with Gasteiger partial charge in [-0.15, -0.1) is 0 Å². The summed E-state index contributed by atoms with van der Waals surface area (Å²) in [6, 6.07) is 18.0. The second-order valence-electron chi connectivity index (χ2n) is 8.58. The zero-order valence-corrected chi connectivity index (χ0v) is 19.3. The number of anilines is 1. The molecular formula is C26H26ClN5O. The summed E-state index contributed by atoms with van der Waals surface area (Å²) in [6.07, 6.45) is 5.42. The molecule has 4 aromatic rings. The number of nitrogens with one attached hydrogen (secondary N) is 1. The van der Waals surface area contributed by atoms with Crippen molar-refractivity contribution in [2.45, 2.75) is 26.3 Å². The summed E-state index contributed by atoms with van der Waals surface area (Å²) >= 11 is 6.39. The van der Waals surface area contributed by atoms with Gasteiger partial charge in [-0.2, -0.15) is 5.10 Å². The highest BCUT2D eigenvalue weighted by atomic mass is 35.5. The molecule has 1 fully saturated rings. The maximum absolute atomic E-state index is 12.9. The number of aryl methyl sites for hydroxylation is 1. The van der Waals surface area contributed by atoms with Crippen LogP contribution in [-0.2, 0) is 11.3 Å². The van der Waals surface area contributed by atoms with Crippen LogP contribution in [0.2, 0.25) is 5.02 Å². The van der Waals surface area contributed by atoms with Gasteiger partial charge in [0.2, 0.25) is 5.91 Å². The zero-order valence-electron chi connectivity index (χ0n) is 18.5. The minimum absolute atomic E-state index is 0.0720. The Morgan fingerprint density at radius 1 is 1.18 bits per heavy atom. The van der Waals surface area contributed by atoms with Crippen molar-refractivity contribution in [3.05, 3.63) is 83.1 Å². The van der Waals surface area contributed by atoms with Crippen LogP contribution in [0.15, 0.2) is 67.0 Å². The van der Waals surface area contributed by atoms with Crippen molar-refractivity contribution in [3.8, 4) is 11.3 Å². The molecule has 2 aromatic heterocycles. The molecule has 1 aliphatic heterocycles. The summed E-state index contributed by atoms with van der Waals surface area (Å²) in [4.78, 5) is 19.8. The van der Waals surface area contributed by atoms with Crippen molar-refractivity contribution >= 4 is 28.8 Å². The molecule has 1 aliphatic rings. The van der Waals surface area contributed by atoms with Crippen molar-refractivity contribution in [1.82, 2.24) is 19.9 Å². The van der Waals surface area contributed by atoms with Crippen LogP contribution in [0.1, 0.15) is 24.0 Å². The Balaban J connectivity index is 1.33. The first-order valence-corrected chi connectivity index (χ1v) is 11.6. The summed E-state index contributed by atoms with van der Waals surface area (Å²) in [5, 5.41) is 8.49. The lowest BCUT2D eigenvalue weighted by molar-refractivity contribution is -0.125. The smallest absolute Gasteiger partial charge is 0.225 e. The van der Waals surface area contributed by atoms with Gasteiger partial charge in [0.25, 0.3) is 0 Å². The first kappa shape index (κ1) is 21.5. The van der Waals surface area contributed by atoms with E-state index in [0.29, 0.717) is 18.1 Å². The number of aromatic nitrogens is 3. The SMILES string of the molecule is Cc1ccc(CNC(=O)C2CCCN(c3nccn4nc(-c5ccccc5Cl)cc34)C2)cc1. The second-order valence-corrected chi connectivity index (χ2v) is 8.99. The number of nitrogens with zero attached hydrogens (tertiary/aromatic N) is 4. The van der Waals surface area contributed by atoms with E-state index in [1.807, 2.05) is 41.0 Å². The molecule has 1 amide bonds. The molecule has 1 saturated heterocycles. The van der Waals surface area contributed by atoms with Crippen molar-refractivity contribution in [2.24, 2.45) is 5.92 Å². The van der Waals surface area contributed by atoms with Gasteiger partial charge in [0.15, 0.2) is 5.82 Å². The fraction of sp³-hybridized carbons (Fsp3) is 0.269. The van der Waals surface area contributed by atoms with E-state index in [2.05, 4.69) is 46.4 Å². The molecule has 0 saturated carbocycles. The minimum Gasteiger partial charge on any atom is -0.354 e. The first-order valence-electron chi connectivity index (χ1n) is 11.3. The van der Waals surface area contributed by atoms with E-state index in [-0.39, 0.29) is 11.8 Å². The lowest BCUT2D eigenvalue weighted by Crippen LogP contribution is -2.43. The number of carbonyl (C=O) groups excluding carboxylic acids is 1. The summed E-state index contributed by atoms with van der Waals surface area (Å²) in [7, 11) is 0. The Bertz CT molecular complexity index is 1280. The van der Waals surface area contributed by atoms with Crippen molar-refractivity contribution in [1.29, 1.82) is 0 Å². The van der Waals surface area contributed by atoms with Gasteiger partial charge in [0.05, 0.1) is 16.6 Å². The number of carbonyl (C=O) groups is 1. The quantitative estimate of drug-likeness (QED) is 0.461. The van der Waals surface area contributed by atoms with E-state index in [1.54, 1.807) is 6.20 Å². The number of hydrogen-bond acceptors (Lipinski definition) is 4. The summed E-state index contributed by atoms with van der Waals surface area (Å²) in [5.74, 6) is 0.869. The maximum atomic E-state index is 12.9. The van der Waals surface area contributed by atoms with Crippen molar-refractivity contribution < 1.29 is 4.79 Å². The number of fused-ring (bicyclic) bond motifs is 1. The Kier molecular flexibility index (Phi) is 6.01. The van der Waals surface area contributed by atoms with E-state index in [9.17, 15) is 4.79 Å². The third-order valence-electron chi connectivity index (χ3n) is 6.20. The lowest BCUT2D eigenvalue weighted by Gasteiger charge is -2.33. The molecule has 2 aromatic carbocycles. The molecule has 1 N–H and O–H groups in total. The topological polar surface area (TPSA) is 62.5 Å². The fourth-order valence-corrected chi connectivity index (χ4v) is 4.61. The molecule has 7 heteroatoms. The molecule has 3 heterocycles. The van der Waals surface area contributed by atoms with Gasteiger partial charge < -0.3 is 10.2 Å². The van der Waals surface area contributed by atoms with Crippen LogP contribution in [0.5, 0.6) is 0 Å². The fourth-order valence-electron chi connectivity index (χ4n) is 4.38. The van der Waals surface area contributed by atoms with E-state index in [4.69, 9.17) is 16.7 Å². The monoisotopic (exact) mass is 459 g/mol. The number of halogens is 1. The van der Waals surface area contributed by atoms with Gasteiger partial charge in [-0.05, 0) is 37.5 Å². The number of rotatable bonds is 5. The largest absolute Gasteiger partial charge is 0.354 e. The highest BCUT2D eigenvalue weighted by molar-refractivity contribution is 6.33. The number of benzene rings is 2. The van der Waals surface area contributed by atoms with Gasteiger partial charge in [0, 0.05) is 37.6 Å². The third-order valence-corrected chi connectivity index (χ3v) is 6.53. The number of amides is 1. The molecular weight excluding hydrogens is 434 g/mol. The highest BCUT2D eigenvalue weighted by Crippen LogP contribution is 2.31. The van der Waals surface area contributed by atoms with Crippen LogP contribution in [0.4, 0.5) is 5.82 Å². The normalized spacial score (nSPS) is 16.2. The maximum Gasteiger partial charge on any atom is 0.225 e. The molecule has 1 atom stereocenters. The van der Waals surface area contributed by atoms with Gasteiger partial charge >= 0.3 is 0 Å². The molecule has 5 rings (SSSR count). The van der Waals surface area contributed by atoms with E-state index in [0.717, 1.165) is 47.5 Å². The van der Waals surface area contributed by atoms with Crippen LogP contribution in [0.3, 0.4) is 0 Å². The predicted octanol–water partition coefficient (Wildman–Crippen LogP) is 4.89. The van der Waals surface area contributed by atoms with Gasteiger partial charge in [-0.25, -0.2) is 9.50 Å². The van der Waals surface area contributed by atoms with Crippen LogP contribution in [0, 0.1) is 12.8 Å². The Morgan fingerprint density at radius 2 is 2.00 bits per heavy atom. The summed E-state index contributed by atoms with van der Waals surface area (Å²) < 4.78 is 1.84. The molecule has 0 bridgehead atoms. The van der Waals surface area contributed by atoms with E-state index in [1.165, 1.54) is 5.56 Å². The van der Waals surface area contributed by atoms with E-state index < -0.39 is 0 Å². The van der Waals surface area contributed by atoms with Crippen LogP contribution in [-0.4, -0.2) is 33.6 Å². The number of hydrogen-bond donors (Lipinski definition) is 1. The minimum atomic E-state index is -0.0720. The first-order chi connectivity index (χ1) is 16.1. The standard InChI is InChI=1S/C26H26ClN5O/c1-18-8-10-19(11-9-18)16-29-26(33)20-5-4-13-31(17-20)25-24-15-23(30-32(24)14-12-28-25)21-6-2-3-7-22(21)27/h2-3,6-12,14-15,20H,4-5,13,16-17H2,1H3,(H,29,33). The molecule has 0 aliphatic carbocycles.